The highest BCUT2D eigenvalue weighted by molar-refractivity contribution is 7.99. The fraction of sp³-hybridized carbons (Fsp3) is 0.316. The number of nitrogens with one attached hydrogen (secondary N) is 1. The molecule has 3 nitrogen and oxygen atoms in total. The Morgan fingerprint density at radius 3 is 1.91 bits per heavy atom. The summed E-state index contributed by atoms with van der Waals surface area (Å²) < 4.78 is 0. The Hall–Kier alpha value is -1.78. The van der Waals surface area contributed by atoms with Gasteiger partial charge >= 0.3 is 0 Å². The molecule has 0 aliphatic heterocycles. The number of aliphatic hydroxyl groups is 1. The van der Waals surface area contributed by atoms with E-state index in [1.165, 1.54) is 0 Å². The van der Waals surface area contributed by atoms with E-state index in [4.69, 9.17) is 0 Å². The molecular weight excluding hydrogens is 306 g/mol. The first kappa shape index (κ1) is 17.6. The summed E-state index contributed by atoms with van der Waals surface area (Å²) in [6, 6.07) is 19.5. The molecule has 2 aromatic carbocycles. The SMILES string of the molecule is CSC(CO)C(C)NC(=O)C(c1ccccc1)c1ccccc1. The fourth-order valence-electron chi connectivity index (χ4n) is 2.62. The van der Waals surface area contributed by atoms with Crippen LogP contribution in [0.15, 0.2) is 60.7 Å². The lowest BCUT2D eigenvalue weighted by molar-refractivity contribution is -0.122. The van der Waals surface area contributed by atoms with Crippen LogP contribution in [-0.4, -0.2) is 35.2 Å². The first-order valence-electron chi connectivity index (χ1n) is 7.71. The molecule has 0 aliphatic rings. The molecule has 0 saturated carbocycles. The minimum Gasteiger partial charge on any atom is -0.395 e. The second kappa shape index (κ2) is 8.75. The van der Waals surface area contributed by atoms with Crippen LogP contribution >= 0.6 is 11.8 Å². The van der Waals surface area contributed by atoms with Gasteiger partial charge in [0.1, 0.15) is 0 Å². The van der Waals surface area contributed by atoms with Crippen LogP contribution in [0.3, 0.4) is 0 Å². The standard InChI is InChI=1S/C19H23NO2S/c1-14(17(13-21)23-2)20-19(22)18(15-9-5-3-6-10-15)16-11-7-4-8-12-16/h3-12,14,17-18,21H,13H2,1-2H3,(H,20,22). The van der Waals surface area contributed by atoms with E-state index >= 15 is 0 Å². The molecule has 2 N–H and O–H groups in total. The quantitative estimate of drug-likeness (QED) is 0.821. The van der Waals surface area contributed by atoms with Crippen molar-refractivity contribution in [3.05, 3.63) is 71.8 Å². The zero-order valence-corrected chi connectivity index (χ0v) is 14.3. The third-order valence-corrected chi connectivity index (χ3v) is 5.10. The van der Waals surface area contributed by atoms with Crippen LogP contribution in [0.4, 0.5) is 0 Å². The predicted octanol–water partition coefficient (Wildman–Crippen LogP) is 3.05. The Morgan fingerprint density at radius 2 is 1.52 bits per heavy atom. The fourth-order valence-corrected chi connectivity index (χ4v) is 3.25. The normalized spacial score (nSPS) is 13.6. The van der Waals surface area contributed by atoms with Gasteiger partial charge in [-0.2, -0.15) is 11.8 Å². The number of carbonyl (C=O) groups excluding carboxylic acids is 1. The van der Waals surface area contributed by atoms with E-state index in [1.807, 2.05) is 73.8 Å². The lowest BCUT2D eigenvalue weighted by atomic mass is 9.90. The van der Waals surface area contributed by atoms with Crippen molar-refractivity contribution in [1.82, 2.24) is 5.32 Å². The lowest BCUT2D eigenvalue weighted by Crippen LogP contribution is -2.43. The molecule has 0 spiro atoms. The van der Waals surface area contributed by atoms with E-state index in [2.05, 4.69) is 5.32 Å². The highest BCUT2D eigenvalue weighted by Crippen LogP contribution is 2.25. The van der Waals surface area contributed by atoms with Crippen molar-refractivity contribution < 1.29 is 9.90 Å². The van der Waals surface area contributed by atoms with Crippen LogP contribution in [0, 0.1) is 0 Å². The van der Waals surface area contributed by atoms with Gasteiger partial charge in [0.05, 0.1) is 12.5 Å². The Labute approximate surface area is 142 Å². The summed E-state index contributed by atoms with van der Waals surface area (Å²) in [7, 11) is 0. The maximum absolute atomic E-state index is 12.9. The average Bonchev–Trinajstić information content (AvgIpc) is 2.58. The molecule has 23 heavy (non-hydrogen) atoms. The summed E-state index contributed by atoms with van der Waals surface area (Å²) in [5, 5.41) is 12.5. The second-order valence-corrected chi connectivity index (χ2v) is 6.59. The number of benzene rings is 2. The van der Waals surface area contributed by atoms with Crippen LogP contribution in [0.2, 0.25) is 0 Å². The molecule has 2 atom stereocenters. The Kier molecular flexibility index (Phi) is 6.68. The first-order chi connectivity index (χ1) is 11.2. The molecule has 0 radical (unpaired) electrons. The number of amides is 1. The second-order valence-electron chi connectivity index (χ2n) is 5.51. The van der Waals surface area contributed by atoms with Gasteiger partial charge in [-0.25, -0.2) is 0 Å². The molecular formula is C19H23NO2S. The molecule has 4 heteroatoms. The van der Waals surface area contributed by atoms with Gasteiger partial charge in [0.2, 0.25) is 5.91 Å². The molecule has 1 amide bonds. The van der Waals surface area contributed by atoms with Crippen molar-refractivity contribution in [3.8, 4) is 0 Å². The summed E-state index contributed by atoms with van der Waals surface area (Å²) in [6.45, 7) is 1.98. The van der Waals surface area contributed by atoms with Gasteiger partial charge in [-0.3, -0.25) is 4.79 Å². The summed E-state index contributed by atoms with van der Waals surface area (Å²) in [4.78, 5) is 12.9. The highest BCUT2D eigenvalue weighted by Gasteiger charge is 2.25. The van der Waals surface area contributed by atoms with Crippen LogP contribution in [-0.2, 0) is 4.79 Å². The van der Waals surface area contributed by atoms with Gasteiger partial charge in [-0.05, 0) is 24.3 Å². The molecule has 2 rings (SSSR count). The van der Waals surface area contributed by atoms with Crippen LogP contribution in [0.5, 0.6) is 0 Å². The predicted molar refractivity (Wildman–Crippen MR) is 96.7 cm³/mol. The number of hydrogen-bond acceptors (Lipinski definition) is 3. The van der Waals surface area contributed by atoms with E-state index in [0.29, 0.717) is 0 Å². The smallest absolute Gasteiger partial charge is 0.232 e. The summed E-state index contributed by atoms with van der Waals surface area (Å²) in [5.41, 5.74) is 1.93. The number of thioether (sulfide) groups is 1. The van der Waals surface area contributed by atoms with Crippen molar-refractivity contribution in [2.24, 2.45) is 0 Å². The topological polar surface area (TPSA) is 49.3 Å². The minimum atomic E-state index is -0.346. The Balaban J connectivity index is 2.26. The summed E-state index contributed by atoms with van der Waals surface area (Å²) in [6.07, 6.45) is 1.94. The average molecular weight is 329 g/mol. The Morgan fingerprint density at radius 1 is 1.04 bits per heavy atom. The van der Waals surface area contributed by atoms with Crippen molar-refractivity contribution in [2.45, 2.75) is 24.1 Å². The largest absolute Gasteiger partial charge is 0.395 e. The van der Waals surface area contributed by atoms with Crippen molar-refractivity contribution in [2.75, 3.05) is 12.9 Å². The molecule has 0 bridgehead atoms. The minimum absolute atomic E-state index is 0.00820. The number of rotatable bonds is 7. The first-order valence-corrected chi connectivity index (χ1v) is 9.00. The maximum Gasteiger partial charge on any atom is 0.232 e. The molecule has 0 aromatic heterocycles. The Bertz CT molecular complexity index is 560. The summed E-state index contributed by atoms with van der Waals surface area (Å²) in [5.74, 6) is -0.386. The van der Waals surface area contributed by atoms with Gasteiger partial charge in [0.25, 0.3) is 0 Å². The molecule has 2 aromatic rings. The maximum atomic E-state index is 12.9. The van der Waals surface area contributed by atoms with Gasteiger partial charge in [-0.1, -0.05) is 60.7 Å². The monoisotopic (exact) mass is 329 g/mol. The molecule has 0 aliphatic carbocycles. The molecule has 2 unspecified atom stereocenters. The van der Waals surface area contributed by atoms with Crippen LogP contribution in [0.25, 0.3) is 0 Å². The van der Waals surface area contributed by atoms with Crippen LogP contribution < -0.4 is 5.32 Å². The third-order valence-electron chi connectivity index (χ3n) is 3.94. The van der Waals surface area contributed by atoms with Crippen LogP contribution in [0.1, 0.15) is 24.0 Å². The van der Waals surface area contributed by atoms with Crippen molar-refractivity contribution in [1.29, 1.82) is 0 Å². The zero-order valence-electron chi connectivity index (χ0n) is 13.5. The number of aliphatic hydroxyl groups excluding tert-OH is 1. The molecule has 0 saturated heterocycles. The lowest BCUT2D eigenvalue weighted by Gasteiger charge is -2.25. The van der Waals surface area contributed by atoms with Gasteiger partial charge in [0, 0.05) is 11.3 Å². The van der Waals surface area contributed by atoms with Gasteiger partial charge in [0.15, 0.2) is 0 Å². The molecule has 0 heterocycles. The van der Waals surface area contributed by atoms with Gasteiger partial charge < -0.3 is 10.4 Å². The summed E-state index contributed by atoms with van der Waals surface area (Å²) >= 11 is 1.56. The van der Waals surface area contributed by atoms with E-state index in [9.17, 15) is 9.90 Å². The molecule has 122 valence electrons. The van der Waals surface area contributed by atoms with E-state index in [-0.39, 0.29) is 29.7 Å². The molecule has 0 fully saturated rings. The van der Waals surface area contributed by atoms with Crippen molar-refractivity contribution >= 4 is 17.7 Å². The zero-order chi connectivity index (χ0) is 16.7. The van der Waals surface area contributed by atoms with E-state index in [1.54, 1.807) is 11.8 Å². The third kappa shape index (κ3) is 4.60. The van der Waals surface area contributed by atoms with E-state index in [0.717, 1.165) is 11.1 Å². The van der Waals surface area contributed by atoms with Gasteiger partial charge in [-0.15, -0.1) is 0 Å². The highest BCUT2D eigenvalue weighted by atomic mass is 32.2. The number of carbonyl (C=O) groups is 1. The van der Waals surface area contributed by atoms with E-state index < -0.39 is 0 Å². The number of hydrogen-bond donors (Lipinski definition) is 2. The van der Waals surface area contributed by atoms with Crippen molar-refractivity contribution in [3.63, 3.8) is 0 Å².